The smallest absolute Gasteiger partial charge is 0.361 e. The van der Waals surface area contributed by atoms with Crippen LogP contribution in [0.5, 0.6) is 0 Å². The Morgan fingerprint density at radius 3 is 2.33 bits per heavy atom. The predicted octanol–water partition coefficient (Wildman–Crippen LogP) is 5.70. The fourth-order valence-electron chi connectivity index (χ4n) is 3.77. The SMILES string of the molecule is CN(C)CCCN(C)c1cncc(-c2ccc3[nH]cc(-c4ccc(C(F)(F)F)cc4)c3c2)n1. The summed E-state index contributed by atoms with van der Waals surface area (Å²) in [5, 5.41) is 0.916. The van der Waals surface area contributed by atoms with Gasteiger partial charge in [0, 0.05) is 41.8 Å². The molecule has 4 rings (SSSR count). The molecule has 4 aromatic rings. The third kappa shape index (κ3) is 5.17. The number of anilines is 1. The zero-order valence-corrected chi connectivity index (χ0v) is 18.8. The van der Waals surface area contributed by atoms with Crippen LogP contribution in [0.1, 0.15) is 12.0 Å². The number of halogens is 3. The maximum Gasteiger partial charge on any atom is 0.416 e. The molecule has 2 aromatic carbocycles. The Morgan fingerprint density at radius 1 is 0.909 bits per heavy atom. The van der Waals surface area contributed by atoms with Gasteiger partial charge in [-0.05, 0) is 56.9 Å². The monoisotopic (exact) mass is 453 g/mol. The summed E-state index contributed by atoms with van der Waals surface area (Å²) in [4.78, 5) is 16.6. The highest BCUT2D eigenvalue weighted by atomic mass is 19.4. The molecule has 0 atom stereocenters. The van der Waals surface area contributed by atoms with Gasteiger partial charge in [0.15, 0.2) is 0 Å². The second-order valence-corrected chi connectivity index (χ2v) is 8.38. The van der Waals surface area contributed by atoms with Crippen molar-refractivity contribution >= 4 is 16.7 Å². The predicted molar refractivity (Wildman–Crippen MR) is 126 cm³/mol. The fraction of sp³-hybridized carbons (Fsp3) is 0.280. The summed E-state index contributed by atoms with van der Waals surface area (Å²) < 4.78 is 38.8. The molecular formula is C25H26F3N5. The van der Waals surface area contributed by atoms with E-state index < -0.39 is 11.7 Å². The Kier molecular flexibility index (Phi) is 6.37. The highest BCUT2D eigenvalue weighted by molar-refractivity contribution is 5.97. The zero-order chi connectivity index (χ0) is 23.6. The standard InChI is InChI=1S/C25H26F3N5/c1-32(2)11-4-12-33(3)24-16-29-15-23(31-24)18-7-10-22-20(13-18)21(14-30-22)17-5-8-19(9-6-17)25(26,27)28/h5-10,13-16,30H,4,11-12H2,1-3H3. The van der Waals surface area contributed by atoms with Crippen molar-refractivity contribution in [2.75, 3.05) is 39.1 Å². The first kappa shape index (κ1) is 22.8. The van der Waals surface area contributed by atoms with E-state index in [-0.39, 0.29) is 0 Å². The lowest BCUT2D eigenvalue weighted by Crippen LogP contribution is -2.24. The molecule has 8 heteroatoms. The third-order valence-electron chi connectivity index (χ3n) is 5.61. The fourth-order valence-corrected chi connectivity index (χ4v) is 3.77. The van der Waals surface area contributed by atoms with Crippen molar-refractivity contribution in [3.05, 3.63) is 66.6 Å². The minimum absolute atomic E-state index is 0.659. The largest absolute Gasteiger partial charge is 0.416 e. The van der Waals surface area contributed by atoms with Crippen molar-refractivity contribution in [1.29, 1.82) is 0 Å². The van der Waals surface area contributed by atoms with Crippen LogP contribution in [0.15, 0.2) is 61.1 Å². The second-order valence-electron chi connectivity index (χ2n) is 8.38. The Morgan fingerprint density at radius 2 is 1.64 bits per heavy atom. The Labute approximate surface area is 190 Å². The number of aromatic amines is 1. The van der Waals surface area contributed by atoms with Gasteiger partial charge in [0.05, 0.1) is 23.7 Å². The number of rotatable bonds is 7. The molecule has 0 fully saturated rings. The average Bonchev–Trinajstić information content (AvgIpc) is 3.21. The summed E-state index contributed by atoms with van der Waals surface area (Å²) in [5.74, 6) is 0.795. The van der Waals surface area contributed by atoms with Gasteiger partial charge in [-0.2, -0.15) is 13.2 Å². The molecule has 2 heterocycles. The van der Waals surface area contributed by atoms with Crippen LogP contribution in [-0.4, -0.2) is 54.1 Å². The number of nitrogens with zero attached hydrogens (tertiary/aromatic N) is 4. The van der Waals surface area contributed by atoms with Crippen LogP contribution in [0.3, 0.4) is 0 Å². The van der Waals surface area contributed by atoms with Crippen LogP contribution in [0.2, 0.25) is 0 Å². The van der Waals surface area contributed by atoms with E-state index in [1.807, 2.05) is 31.4 Å². The van der Waals surface area contributed by atoms with Crippen LogP contribution >= 0.6 is 0 Å². The van der Waals surface area contributed by atoms with E-state index in [4.69, 9.17) is 4.98 Å². The van der Waals surface area contributed by atoms with Gasteiger partial charge in [-0.25, -0.2) is 4.98 Å². The number of nitrogens with one attached hydrogen (secondary N) is 1. The summed E-state index contributed by atoms with van der Waals surface area (Å²) >= 11 is 0. The molecule has 0 bridgehead atoms. The number of hydrogen-bond acceptors (Lipinski definition) is 4. The first-order valence-corrected chi connectivity index (χ1v) is 10.7. The molecule has 0 spiro atoms. The normalized spacial score (nSPS) is 12.0. The molecule has 1 N–H and O–H groups in total. The number of alkyl halides is 3. The maximum absolute atomic E-state index is 12.9. The van der Waals surface area contributed by atoms with Crippen LogP contribution in [0, 0.1) is 0 Å². The van der Waals surface area contributed by atoms with Gasteiger partial charge >= 0.3 is 6.18 Å². The highest BCUT2D eigenvalue weighted by Gasteiger charge is 2.30. The van der Waals surface area contributed by atoms with Crippen LogP contribution in [0.25, 0.3) is 33.3 Å². The van der Waals surface area contributed by atoms with Crippen molar-refractivity contribution in [3.8, 4) is 22.4 Å². The van der Waals surface area contributed by atoms with Gasteiger partial charge in [-0.1, -0.05) is 18.2 Å². The number of fused-ring (bicyclic) bond motifs is 1. The van der Waals surface area contributed by atoms with Gasteiger partial charge < -0.3 is 14.8 Å². The molecule has 0 radical (unpaired) electrons. The topological polar surface area (TPSA) is 48.0 Å². The summed E-state index contributed by atoms with van der Waals surface area (Å²) in [7, 11) is 6.11. The molecule has 0 unspecified atom stereocenters. The summed E-state index contributed by atoms with van der Waals surface area (Å²) in [6.07, 6.45) is 1.96. The first-order valence-electron chi connectivity index (χ1n) is 10.7. The van der Waals surface area contributed by atoms with E-state index in [0.29, 0.717) is 5.56 Å². The third-order valence-corrected chi connectivity index (χ3v) is 5.61. The van der Waals surface area contributed by atoms with Crippen molar-refractivity contribution < 1.29 is 13.2 Å². The van der Waals surface area contributed by atoms with E-state index in [1.165, 1.54) is 12.1 Å². The minimum atomic E-state index is -4.35. The van der Waals surface area contributed by atoms with E-state index in [0.717, 1.165) is 65.2 Å². The van der Waals surface area contributed by atoms with Crippen molar-refractivity contribution in [1.82, 2.24) is 19.9 Å². The number of aromatic nitrogens is 3. The van der Waals surface area contributed by atoms with E-state index >= 15 is 0 Å². The summed E-state index contributed by atoms with van der Waals surface area (Å²) in [6.45, 7) is 1.86. The number of H-pyrrole nitrogens is 1. The lowest BCUT2D eigenvalue weighted by molar-refractivity contribution is -0.137. The van der Waals surface area contributed by atoms with Crippen LogP contribution in [0.4, 0.5) is 19.0 Å². The molecule has 0 aliphatic carbocycles. The second kappa shape index (κ2) is 9.23. The van der Waals surface area contributed by atoms with E-state index in [2.05, 4.69) is 33.9 Å². The quantitative estimate of drug-likeness (QED) is 0.390. The lowest BCUT2D eigenvalue weighted by Gasteiger charge is -2.19. The van der Waals surface area contributed by atoms with Crippen molar-refractivity contribution in [2.45, 2.75) is 12.6 Å². The van der Waals surface area contributed by atoms with Crippen molar-refractivity contribution in [3.63, 3.8) is 0 Å². The molecule has 33 heavy (non-hydrogen) atoms. The number of hydrogen-bond donors (Lipinski definition) is 1. The highest BCUT2D eigenvalue weighted by Crippen LogP contribution is 2.34. The molecule has 5 nitrogen and oxygen atoms in total. The summed E-state index contributed by atoms with van der Waals surface area (Å²) in [6, 6.07) is 11.1. The molecule has 0 aliphatic rings. The van der Waals surface area contributed by atoms with Gasteiger partial charge in [0.2, 0.25) is 0 Å². The molecule has 0 amide bonds. The molecule has 0 saturated carbocycles. The Hall–Kier alpha value is -3.39. The zero-order valence-electron chi connectivity index (χ0n) is 18.8. The molecule has 172 valence electrons. The minimum Gasteiger partial charge on any atom is -0.361 e. The first-order chi connectivity index (χ1) is 15.7. The van der Waals surface area contributed by atoms with Crippen LogP contribution < -0.4 is 4.90 Å². The molecule has 0 aliphatic heterocycles. The van der Waals surface area contributed by atoms with E-state index in [9.17, 15) is 13.2 Å². The van der Waals surface area contributed by atoms with Gasteiger partial charge in [0.25, 0.3) is 0 Å². The Balaban J connectivity index is 1.62. The van der Waals surface area contributed by atoms with Crippen LogP contribution in [-0.2, 0) is 6.18 Å². The van der Waals surface area contributed by atoms with Gasteiger partial charge in [-0.3, -0.25) is 4.98 Å². The van der Waals surface area contributed by atoms with Gasteiger partial charge in [0.1, 0.15) is 5.82 Å². The molecule has 2 aromatic heterocycles. The lowest BCUT2D eigenvalue weighted by atomic mass is 10.0. The maximum atomic E-state index is 12.9. The Bertz CT molecular complexity index is 1230. The summed E-state index contributed by atoms with van der Waals surface area (Å²) in [5.41, 5.74) is 3.43. The average molecular weight is 454 g/mol. The van der Waals surface area contributed by atoms with E-state index in [1.54, 1.807) is 12.4 Å². The van der Waals surface area contributed by atoms with Gasteiger partial charge in [-0.15, -0.1) is 0 Å². The molecule has 0 saturated heterocycles. The van der Waals surface area contributed by atoms with Crippen molar-refractivity contribution in [2.24, 2.45) is 0 Å². The molecular weight excluding hydrogens is 427 g/mol. The number of benzene rings is 2.